The molecular weight excluding hydrogens is 424 g/mol. The highest BCUT2D eigenvalue weighted by molar-refractivity contribution is 6.32. The summed E-state index contributed by atoms with van der Waals surface area (Å²) in [6, 6.07) is 9.65. The van der Waals surface area contributed by atoms with Crippen molar-refractivity contribution in [2.24, 2.45) is 0 Å². The second kappa shape index (κ2) is 11.8. The molecule has 0 aliphatic rings. The molecule has 31 heavy (non-hydrogen) atoms. The quantitative estimate of drug-likeness (QED) is 0.451. The fourth-order valence-electron chi connectivity index (χ4n) is 2.46. The van der Waals surface area contributed by atoms with Crippen LogP contribution in [-0.2, 0) is 14.3 Å². The normalized spacial score (nSPS) is 10.2. The Morgan fingerprint density at radius 3 is 1.90 bits per heavy atom. The zero-order valence-electron chi connectivity index (χ0n) is 17.6. The van der Waals surface area contributed by atoms with Gasteiger partial charge in [-0.05, 0) is 67.8 Å². The van der Waals surface area contributed by atoms with E-state index in [0.29, 0.717) is 28.7 Å². The number of ether oxygens (including phenoxy) is 3. The van der Waals surface area contributed by atoms with E-state index in [1.54, 1.807) is 36.4 Å². The van der Waals surface area contributed by atoms with Crippen LogP contribution in [0.15, 0.2) is 36.4 Å². The van der Waals surface area contributed by atoms with Gasteiger partial charge in [0.1, 0.15) is 11.5 Å². The number of esters is 1. The first kappa shape index (κ1) is 24.0. The summed E-state index contributed by atoms with van der Waals surface area (Å²) < 4.78 is 15.8. The SMILES string of the molecule is CCCOC(=O)c1ccc(OCC(=O)NNC(=O)COc2cc(C)c(Cl)c(C)c2)cc1. The van der Waals surface area contributed by atoms with Crippen LogP contribution in [0.1, 0.15) is 34.8 Å². The lowest BCUT2D eigenvalue weighted by Gasteiger charge is -2.11. The van der Waals surface area contributed by atoms with Gasteiger partial charge in [-0.15, -0.1) is 0 Å². The standard InChI is InChI=1S/C22H25ClN2O6/c1-4-9-29-22(28)16-5-7-17(8-6-16)30-12-19(26)24-25-20(27)13-31-18-10-14(2)21(23)15(3)11-18/h5-8,10-11H,4,9,12-13H2,1-3H3,(H,24,26)(H,25,27). The Balaban J connectivity index is 1.70. The molecule has 0 aliphatic carbocycles. The van der Waals surface area contributed by atoms with Crippen molar-refractivity contribution in [1.29, 1.82) is 0 Å². The van der Waals surface area contributed by atoms with Crippen LogP contribution in [0, 0.1) is 13.8 Å². The largest absolute Gasteiger partial charge is 0.484 e. The maximum absolute atomic E-state index is 11.8. The van der Waals surface area contributed by atoms with Gasteiger partial charge in [-0.2, -0.15) is 0 Å². The molecule has 8 nitrogen and oxygen atoms in total. The highest BCUT2D eigenvalue weighted by Gasteiger charge is 2.10. The second-order valence-electron chi connectivity index (χ2n) is 6.71. The van der Waals surface area contributed by atoms with Gasteiger partial charge < -0.3 is 14.2 Å². The predicted molar refractivity (Wildman–Crippen MR) is 115 cm³/mol. The van der Waals surface area contributed by atoms with Gasteiger partial charge in [-0.25, -0.2) is 4.79 Å². The lowest BCUT2D eigenvalue weighted by atomic mass is 10.1. The molecule has 2 amide bonds. The predicted octanol–water partition coefficient (Wildman–Crippen LogP) is 3.13. The lowest BCUT2D eigenvalue weighted by Crippen LogP contribution is -2.45. The fraction of sp³-hybridized carbons (Fsp3) is 0.318. The molecule has 0 aliphatic heterocycles. The first-order valence-electron chi connectivity index (χ1n) is 9.67. The molecule has 0 spiro atoms. The number of hydrazine groups is 1. The Morgan fingerprint density at radius 2 is 1.39 bits per heavy atom. The zero-order valence-corrected chi connectivity index (χ0v) is 18.4. The van der Waals surface area contributed by atoms with Gasteiger partial charge >= 0.3 is 5.97 Å². The maximum atomic E-state index is 11.8. The third-order valence-corrected chi connectivity index (χ3v) is 4.61. The van der Waals surface area contributed by atoms with Crippen molar-refractivity contribution in [1.82, 2.24) is 10.9 Å². The van der Waals surface area contributed by atoms with Crippen LogP contribution in [0.3, 0.4) is 0 Å². The molecule has 0 heterocycles. The average Bonchev–Trinajstić information content (AvgIpc) is 2.77. The number of nitrogens with one attached hydrogen (secondary N) is 2. The van der Waals surface area contributed by atoms with E-state index in [0.717, 1.165) is 17.5 Å². The van der Waals surface area contributed by atoms with Crippen molar-refractivity contribution in [3.8, 4) is 11.5 Å². The van der Waals surface area contributed by atoms with E-state index in [1.165, 1.54) is 0 Å². The molecule has 166 valence electrons. The number of aryl methyl sites for hydroxylation is 2. The summed E-state index contributed by atoms with van der Waals surface area (Å²) in [4.78, 5) is 35.4. The fourth-order valence-corrected chi connectivity index (χ4v) is 2.57. The molecule has 9 heteroatoms. The van der Waals surface area contributed by atoms with E-state index < -0.39 is 17.8 Å². The van der Waals surface area contributed by atoms with Crippen LogP contribution in [0.25, 0.3) is 0 Å². The number of amides is 2. The van der Waals surface area contributed by atoms with Crippen molar-refractivity contribution >= 4 is 29.4 Å². The maximum Gasteiger partial charge on any atom is 0.338 e. The van der Waals surface area contributed by atoms with E-state index in [-0.39, 0.29) is 13.2 Å². The van der Waals surface area contributed by atoms with Crippen molar-refractivity contribution in [2.75, 3.05) is 19.8 Å². The molecule has 0 radical (unpaired) electrons. The summed E-state index contributed by atoms with van der Waals surface area (Å²) in [5.74, 6) is -0.608. The molecule has 0 saturated carbocycles. The first-order chi connectivity index (χ1) is 14.8. The van der Waals surface area contributed by atoms with Gasteiger partial charge in [0.25, 0.3) is 11.8 Å². The second-order valence-corrected chi connectivity index (χ2v) is 7.08. The number of benzene rings is 2. The number of carbonyl (C=O) groups is 3. The number of carbonyl (C=O) groups excluding carboxylic acids is 3. The smallest absolute Gasteiger partial charge is 0.338 e. The van der Waals surface area contributed by atoms with Crippen LogP contribution >= 0.6 is 11.6 Å². The van der Waals surface area contributed by atoms with Crippen molar-refractivity contribution in [3.05, 3.63) is 58.1 Å². The van der Waals surface area contributed by atoms with E-state index in [2.05, 4.69) is 10.9 Å². The molecule has 2 rings (SSSR count). The molecule has 0 unspecified atom stereocenters. The molecule has 0 atom stereocenters. The summed E-state index contributed by atoms with van der Waals surface area (Å²) in [5, 5.41) is 0.648. The van der Waals surface area contributed by atoms with Crippen LogP contribution in [0.4, 0.5) is 0 Å². The van der Waals surface area contributed by atoms with Gasteiger partial charge in [0.2, 0.25) is 0 Å². The third kappa shape index (κ3) is 7.82. The van der Waals surface area contributed by atoms with Crippen LogP contribution in [-0.4, -0.2) is 37.6 Å². The summed E-state index contributed by atoms with van der Waals surface area (Å²) in [6.07, 6.45) is 0.741. The van der Waals surface area contributed by atoms with Gasteiger partial charge in [-0.1, -0.05) is 18.5 Å². The van der Waals surface area contributed by atoms with Gasteiger partial charge in [0, 0.05) is 5.02 Å². The number of hydrogen-bond acceptors (Lipinski definition) is 6. The highest BCUT2D eigenvalue weighted by Crippen LogP contribution is 2.25. The van der Waals surface area contributed by atoms with E-state index in [4.69, 9.17) is 25.8 Å². The zero-order chi connectivity index (χ0) is 22.8. The molecular formula is C22H25ClN2O6. The van der Waals surface area contributed by atoms with E-state index in [9.17, 15) is 14.4 Å². The summed E-state index contributed by atoms with van der Waals surface area (Å²) in [7, 11) is 0. The molecule has 0 bridgehead atoms. The summed E-state index contributed by atoms with van der Waals surface area (Å²) in [5.41, 5.74) is 6.55. The Kier molecular flexibility index (Phi) is 9.14. The van der Waals surface area contributed by atoms with Crippen LogP contribution in [0.5, 0.6) is 11.5 Å². The molecule has 0 saturated heterocycles. The monoisotopic (exact) mass is 448 g/mol. The topological polar surface area (TPSA) is 103 Å². The molecule has 2 aromatic carbocycles. The van der Waals surface area contributed by atoms with E-state index in [1.807, 2.05) is 20.8 Å². The van der Waals surface area contributed by atoms with Gasteiger partial charge in [-0.3, -0.25) is 20.4 Å². The molecule has 0 fully saturated rings. The van der Waals surface area contributed by atoms with Crippen molar-refractivity contribution in [3.63, 3.8) is 0 Å². The first-order valence-corrected chi connectivity index (χ1v) is 10.0. The highest BCUT2D eigenvalue weighted by atomic mass is 35.5. The number of halogens is 1. The van der Waals surface area contributed by atoms with Crippen molar-refractivity contribution < 1.29 is 28.6 Å². The third-order valence-electron chi connectivity index (χ3n) is 4.02. The molecule has 2 N–H and O–H groups in total. The minimum Gasteiger partial charge on any atom is -0.484 e. The Morgan fingerprint density at radius 1 is 0.871 bits per heavy atom. The Hall–Kier alpha value is -3.26. The Labute approximate surface area is 185 Å². The Bertz CT molecular complexity index is 907. The minimum absolute atomic E-state index is 0.281. The number of hydrogen-bond donors (Lipinski definition) is 2. The summed E-state index contributed by atoms with van der Waals surface area (Å²) in [6.45, 7) is 5.34. The lowest BCUT2D eigenvalue weighted by molar-refractivity contribution is -0.131. The summed E-state index contributed by atoms with van der Waals surface area (Å²) >= 11 is 6.10. The van der Waals surface area contributed by atoms with Crippen LogP contribution < -0.4 is 20.3 Å². The van der Waals surface area contributed by atoms with Crippen molar-refractivity contribution in [2.45, 2.75) is 27.2 Å². The van der Waals surface area contributed by atoms with Gasteiger partial charge in [0.05, 0.1) is 12.2 Å². The minimum atomic E-state index is -0.557. The molecule has 0 aromatic heterocycles. The van der Waals surface area contributed by atoms with Gasteiger partial charge in [0.15, 0.2) is 13.2 Å². The van der Waals surface area contributed by atoms with E-state index >= 15 is 0 Å². The average molecular weight is 449 g/mol. The van der Waals surface area contributed by atoms with Crippen LogP contribution in [0.2, 0.25) is 5.02 Å². The molecule has 2 aromatic rings. The number of rotatable bonds is 9.